The molecule has 76 valence electrons. The number of amides is 1. The van der Waals surface area contributed by atoms with Crippen LogP contribution in [0.25, 0.3) is 0 Å². The molecule has 0 spiro atoms. The zero-order chi connectivity index (χ0) is 10.7. The highest BCUT2D eigenvalue weighted by Crippen LogP contribution is 2.28. The molecule has 1 aromatic rings. The zero-order valence-corrected chi connectivity index (χ0v) is 9.65. The normalized spacial score (nSPS) is 12.5. The maximum atomic E-state index is 10.9. The molecule has 0 fully saturated rings. The van der Waals surface area contributed by atoms with Gasteiger partial charge in [-0.1, -0.05) is 17.7 Å². The van der Waals surface area contributed by atoms with Gasteiger partial charge >= 0.3 is 0 Å². The Balaban J connectivity index is 3.02. The minimum atomic E-state index is -0.335. The van der Waals surface area contributed by atoms with Crippen LogP contribution in [-0.2, 0) is 4.79 Å². The first-order valence-electron chi connectivity index (χ1n) is 4.19. The Morgan fingerprint density at radius 3 is 2.64 bits per heavy atom. The largest absolute Gasteiger partial charge is 0.369 e. The molecule has 0 aliphatic carbocycles. The van der Waals surface area contributed by atoms with E-state index in [9.17, 15) is 4.79 Å². The third-order valence-corrected chi connectivity index (χ3v) is 3.32. The zero-order valence-electron chi connectivity index (χ0n) is 8.08. The number of rotatable bonds is 3. The lowest BCUT2D eigenvalue weighted by molar-refractivity contribution is -0.119. The molecule has 0 heterocycles. The number of halogens is 1. The highest BCUT2D eigenvalue weighted by molar-refractivity contribution is 7.98. The monoisotopic (exact) mass is 229 g/mol. The topological polar surface area (TPSA) is 43.1 Å². The fourth-order valence-electron chi connectivity index (χ4n) is 1.12. The van der Waals surface area contributed by atoms with Crippen molar-refractivity contribution in [2.24, 2.45) is 5.73 Å². The quantitative estimate of drug-likeness (QED) is 0.810. The average molecular weight is 230 g/mol. The molecule has 0 aromatic heterocycles. The van der Waals surface area contributed by atoms with Gasteiger partial charge in [-0.05, 0) is 30.9 Å². The maximum Gasteiger partial charge on any atom is 0.224 e. The van der Waals surface area contributed by atoms with Crippen LogP contribution in [-0.4, -0.2) is 12.2 Å². The average Bonchev–Trinajstić information content (AvgIpc) is 2.16. The van der Waals surface area contributed by atoms with E-state index >= 15 is 0 Å². The number of nitrogens with two attached hydrogens (primary N) is 1. The van der Waals surface area contributed by atoms with Crippen LogP contribution in [0.3, 0.4) is 0 Å². The van der Waals surface area contributed by atoms with Crippen molar-refractivity contribution in [2.45, 2.75) is 17.7 Å². The fraction of sp³-hybridized carbons (Fsp3) is 0.300. The summed E-state index contributed by atoms with van der Waals surface area (Å²) < 4.78 is 0. The second-order valence-electron chi connectivity index (χ2n) is 3.02. The number of carbonyl (C=O) groups is 1. The molecule has 1 unspecified atom stereocenters. The van der Waals surface area contributed by atoms with E-state index in [1.165, 1.54) is 0 Å². The summed E-state index contributed by atoms with van der Waals surface area (Å²) in [6.45, 7) is 1.77. The van der Waals surface area contributed by atoms with Gasteiger partial charge in [0.2, 0.25) is 5.91 Å². The summed E-state index contributed by atoms with van der Waals surface area (Å²) in [6, 6.07) is 5.58. The van der Waals surface area contributed by atoms with E-state index in [2.05, 4.69) is 0 Å². The first kappa shape index (κ1) is 11.4. The molecule has 2 nitrogen and oxygen atoms in total. The number of benzene rings is 1. The second kappa shape index (κ2) is 4.71. The molecule has 0 aliphatic heterocycles. The van der Waals surface area contributed by atoms with Crippen LogP contribution in [0.15, 0.2) is 23.1 Å². The number of hydrogen-bond acceptors (Lipinski definition) is 2. The van der Waals surface area contributed by atoms with Crippen LogP contribution in [0.4, 0.5) is 0 Å². The molecule has 0 radical (unpaired) electrons. The molecule has 0 aliphatic rings. The van der Waals surface area contributed by atoms with Gasteiger partial charge in [-0.2, -0.15) is 0 Å². The first-order valence-corrected chi connectivity index (χ1v) is 5.79. The van der Waals surface area contributed by atoms with E-state index in [0.29, 0.717) is 5.02 Å². The maximum absolute atomic E-state index is 10.9. The lowest BCUT2D eigenvalue weighted by Gasteiger charge is -2.09. The van der Waals surface area contributed by atoms with E-state index in [1.807, 2.05) is 18.4 Å². The van der Waals surface area contributed by atoms with Crippen LogP contribution >= 0.6 is 23.4 Å². The first-order chi connectivity index (χ1) is 6.56. The van der Waals surface area contributed by atoms with Crippen molar-refractivity contribution in [3.63, 3.8) is 0 Å². The Morgan fingerprint density at radius 2 is 2.21 bits per heavy atom. The molecule has 0 saturated carbocycles. The molecular weight excluding hydrogens is 218 g/mol. The summed E-state index contributed by atoms with van der Waals surface area (Å²) in [5.41, 5.74) is 6.06. The molecule has 1 rings (SSSR count). The lowest BCUT2D eigenvalue weighted by atomic mass is 10.0. The van der Waals surface area contributed by atoms with Crippen LogP contribution in [0.2, 0.25) is 5.02 Å². The van der Waals surface area contributed by atoms with Crippen LogP contribution in [0.5, 0.6) is 0 Å². The van der Waals surface area contributed by atoms with E-state index < -0.39 is 0 Å². The van der Waals surface area contributed by atoms with Gasteiger partial charge in [-0.25, -0.2) is 0 Å². The third kappa shape index (κ3) is 2.42. The van der Waals surface area contributed by atoms with Crippen LogP contribution in [0, 0.1) is 0 Å². The van der Waals surface area contributed by atoms with E-state index in [1.54, 1.807) is 24.8 Å². The standard InChI is InChI=1S/C10H12ClNOS/c1-6(10(12)13)7-3-4-9(14-2)8(11)5-7/h3-6H,1-2H3,(H2,12,13). The summed E-state index contributed by atoms with van der Waals surface area (Å²) in [5, 5.41) is 0.670. The van der Waals surface area contributed by atoms with Crippen molar-refractivity contribution in [3.8, 4) is 0 Å². The van der Waals surface area contributed by atoms with Gasteiger partial charge in [0.1, 0.15) is 0 Å². The minimum absolute atomic E-state index is 0.289. The van der Waals surface area contributed by atoms with E-state index in [-0.39, 0.29) is 11.8 Å². The smallest absolute Gasteiger partial charge is 0.224 e. The van der Waals surface area contributed by atoms with Crippen molar-refractivity contribution in [3.05, 3.63) is 28.8 Å². The summed E-state index contributed by atoms with van der Waals surface area (Å²) in [5.74, 6) is -0.624. The summed E-state index contributed by atoms with van der Waals surface area (Å²) in [6.07, 6.45) is 1.96. The predicted octanol–water partition coefficient (Wildman–Crippen LogP) is 2.65. The molecule has 2 N–H and O–H groups in total. The van der Waals surface area contributed by atoms with Gasteiger partial charge in [-0.15, -0.1) is 11.8 Å². The number of hydrogen-bond donors (Lipinski definition) is 1. The van der Waals surface area contributed by atoms with Crippen molar-refractivity contribution in [1.29, 1.82) is 0 Å². The molecule has 1 aromatic carbocycles. The van der Waals surface area contributed by atoms with Crippen molar-refractivity contribution < 1.29 is 4.79 Å². The summed E-state index contributed by atoms with van der Waals surface area (Å²) in [4.78, 5) is 11.9. The Hall–Kier alpha value is -0.670. The third-order valence-electron chi connectivity index (χ3n) is 2.10. The molecule has 1 atom stereocenters. The van der Waals surface area contributed by atoms with Gasteiger partial charge in [0.25, 0.3) is 0 Å². The summed E-state index contributed by atoms with van der Waals surface area (Å²) in [7, 11) is 0. The van der Waals surface area contributed by atoms with Gasteiger partial charge < -0.3 is 5.73 Å². The molecule has 4 heteroatoms. The van der Waals surface area contributed by atoms with Gasteiger partial charge in [-0.3, -0.25) is 4.79 Å². The van der Waals surface area contributed by atoms with Crippen molar-refractivity contribution in [1.82, 2.24) is 0 Å². The van der Waals surface area contributed by atoms with Crippen LogP contribution < -0.4 is 5.73 Å². The van der Waals surface area contributed by atoms with Crippen LogP contribution in [0.1, 0.15) is 18.4 Å². The Morgan fingerprint density at radius 1 is 1.57 bits per heavy atom. The second-order valence-corrected chi connectivity index (χ2v) is 4.27. The highest BCUT2D eigenvalue weighted by Gasteiger charge is 2.12. The highest BCUT2D eigenvalue weighted by atomic mass is 35.5. The van der Waals surface area contributed by atoms with Gasteiger partial charge in [0.05, 0.1) is 10.9 Å². The van der Waals surface area contributed by atoms with Gasteiger partial charge in [0.15, 0.2) is 0 Å². The Labute approximate surface area is 92.8 Å². The van der Waals surface area contributed by atoms with Crippen molar-refractivity contribution in [2.75, 3.05) is 6.26 Å². The minimum Gasteiger partial charge on any atom is -0.369 e. The Kier molecular flexibility index (Phi) is 3.84. The molecule has 0 bridgehead atoms. The lowest BCUT2D eigenvalue weighted by Crippen LogP contribution is -2.18. The van der Waals surface area contributed by atoms with Crippen molar-refractivity contribution >= 4 is 29.3 Å². The van der Waals surface area contributed by atoms with E-state index in [4.69, 9.17) is 17.3 Å². The SMILES string of the molecule is CSc1ccc(C(C)C(N)=O)cc1Cl. The molecule has 1 amide bonds. The van der Waals surface area contributed by atoms with Gasteiger partial charge in [0, 0.05) is 4.90 Å². The van der Waals surface area contributed by atoms with E-state index in [0.717, 1.165) is 10.5 Å². The summed E-state index contributed by atoms with van der Waals surface area (Å²) >= 11 is 7.58. The molecular formula is C10H12ClNOS. The molecule has 14 heavy (non-hydrogen) atoms. The number of primary amides is 1. The fourth-order valence-corrected chi connectivity index (χ4v) is 1.99. The Bertz CT molecular complexity index is 354. The molecule has 0 saturated heterocycles. The predicted molar refractivity (Wildman–Crippen MR) is 60.8 cm³/mol. The number of carbonyl (C=O) groups excluding carboxylic acids is 1. The number of thioether (sulfide) groups is 1.